The van der Waals surface area contributed by atoms with Crippen LogP contribution >= 0.6 is 0 Å². The summed E-state index contributed by atoms with van der Waals surface area (Å²) in [6.07, 6.45) is 11.6. The van der Waals surface area contributed by atoms with E-state index in [4.69, 9.17) is 0 Å². The number of nitrogens with zero attached hydrogens (tertiary/aromatic N) is 1. The van der Waals surface area contributed by atoms with Crippen LogP contribution in [0.1, 0.15) is 39.5 Å². The zero-order valence-electron chi connectivity index (χ0n) is 12.6. The van der Waals surface area contributed by atoms with Crippen LogP contribution in [0.3, 0.4) is 0 Å². The second-order valence-electron chi connectivity index (χ2n) is 6.16. The van der Waals surface area contributed by atoms with Crippen LogP contribution in [0.25, 0.3) is 0 Å². The van der Waals surface area contributed by atoms with Gasteiger partial charge in [-0.3, -0.25) is 0 Å². The van der Waals surface area contributed by atoms with Gasteiger partial charge in [-0.1, -0.05) is 26.3 Å². The normalized spacial score (nSPS) is 29.9. The van der Waals surface area contributed by atoms with Crippen LogP contribution in [0.5, 0.6) is 0 Å². The predicted molar refractivity (Wildman–Crippen MR) is 80.6 cm³/mol. The minimum Gasteiger partial charge on any atom is -0.309 e. The Hall–Kier alpha value is -0.780. The Balaban J connectivity index is 2.82. The number of allylic oxidation sites excluding steroid dienone is 2. The fourth-order valence-electron chi connectivity index (χ4n) is 2.72. The van der Waals surface area contributed by atoms with Crippen LogP contribution in [-0.4, -0.2) is 25.5 Å². The highest BCUT2D eigenvalue weighted by Gasteiger charge is 2.30. The lowest BCUT2D eigenvalue weighted by Crippen LogP contribution is -2.28. The van der Waals surface area contributed by atoms with E-state index in [1.807, 2.05) is 0 Å². The maximum Gasteiger partial charge on any atom is 0.0160 e. The largest absolute Gasteiger partial charge is 0.309 e. The highest BCUT2D eigenvalue weighted by atomic mass is 15.0. The molecule has 0 amide bonds. The molecule has 0 bridgehead atoms. The first-order chi connectivity index (χ1) is 8.50. The summed E-state index contributed by atoms with van der Waals surface area (Å²) in [5.41, 5.74) is 3.56. The minimum absolute atomic E-state index is 0.145. The zero-order valence-corrected chi connectivity index (χ0v) is 12.6. The molecule has 102 valence electrons. The second-order valence-corrected chi connectivity index (χ2v) is 6.16. The van der Waals surface area contributed by atoms with Gasteiger partial charge in [0.1, 0.15) is 0 Å². The first-order valence-electron chi connectivity index (χ1n) is 7.22. The molecule has 0 aromatic rings. The highest BCUT2D eigenvalue weighted by Crippen LogP contribution is 2.39. The van der Waals surface area contributed by atoms with Crippen LogP contribution in [0.4, 0.5) is 0 Å². The molecule has 0 aromatic heterocycles. The van der Waals surface area contributed by atoms with Gasteiger partial charge in [-0.2, -0.15) is 0 Å². The molecule has 0 heterocycles. The summed E-state index contributed by atoms with van der Waals surface area (Å²) in [6, 6.07) is 0. The van der Waals surface area contributed by atoms with Crippen molar-refractivity contribution in [1.82, 2.24) is 4.90 Å². The Morgan fingerprint density at radius 1 is 1.56 bits per heavy atom. The topological polar surface area (TPSA) is 3.24 Å². The molecule has 18 heavy (non-hydrogen) atoms. The zero-order chi connectivity index (χ0) is 13.6. The van der Waals surface area contributed by atoms with E-state index in [1.165, 1.54) is 25.7 Å². The first kappa shape index (κ1) is 15.3. The van der Waals surface area contributed by atoms with Gasteiger partial charge in [-0.05, 0) is 63.9 Å². The molecule has 0 aromatic carbocycles. The molecule has 0 aliphatic heterocycles. The lowest BCUT2D eigenvalue weighted by atomic mass is 9.70. The van der Waals surface area contributed by atoms with Crippen LogP contribution in [0.2, 0.25) is 0 Å². The Kier molecular flexibility index (Phi) is 5.91. The van der Waals surface area contributed by atoms with Crippen LogP contribution in [-0.2, 0) is 0 Å². The van der Waals surface area contributed by atoms with Gasteiger partial charge in [-0.25, -0.2) is 0 Å². The third-order valence-electron chi connectivity index (χ3n) is 4.31. The molecule has 1 nitrogen and oxygen atoms in total. The Morgan fingerprint density at radius 2 is 2.28 bits per heavy atom. The average molecular weight is 247 g/mol. The summed E-state index contributed by atoms with van der Waals surface area (Å²) in [6.45, 7) is 9.87. The maximum atomic E-state index is 4.10. The van der Waals surface area contributed by atoms with E-state index in [0.29, 0.717) is 11.8 Å². The van der Waals surface area contributed by atoms with Crippen molar-refractivity contribution in [2.24, 2.45) is 17.3 Å². The van der Waals surface area contributed by atoms with Gasteiger partial charge in [-0.15, -0.1) is 12.3 Å². The summed E-state index contributed by atoms with van der Waals surface area (Å²) < 4.78 is 0. The van der Waals surface area contributed by atoms with Gasteiger partial charge in [0, 0.05) is 5.41 Å². The molecular formula is C17H29N. The third kappa shape index (κ3) is 4.15. The molecule has 1 aliphatic rings. The summed E-state index contributed by atoms with van der Waals surface area (Å²) in [4.78, 5) is 2.26. The lowest BCUT2D eigenvalue weighted by molar-refractivity contribution is 0.243. The molecule has 0 fully saturated rings. The Morgan fingerprint density at radius 3 is 2.89 bits per heavy atom. The average Bonchev–Trinajstić information content (AvgIpc) is 2.31. The Bertz CT molecular complexity index is 323. The van der Waals surface area contributed by atoms with Gasteiger partial charge in [0.25, 0.3) is 0 Å². The van der Waals surface area contributed by atoms with E-state index in [0.717, 1.165) is 6.54 Å². The quantitative estimate of drug-likeness (QED) is 0.518. The van der Waals surface area contributed by atoms with Crippen molar-refractivity contribution in [2.75, 3.05) is 20.6 Å². The third-order valence-corrected chi connectivity index (χ3v) is 4.31. The number of rotatable bonds is 5. The summed E-state index contributed by atoms with van der Waals surface area (Å²) >= 11 is 0. The highest BCUT2D eigenvalue weighted by molar-refractivity contribution is 5.12. The van der Waals surface area contributed by atoms with Crippen molar-refractivity contribution < 1.29 is 0 Å². The monoisotopic (exact) mass is 247 g/mol. The summed E-state index contributed by atoms with van der Waals surface area (Å²) in [5, 5.41) is 0. The van der Waals surface area contributed by atoms with Crippen LogP contribution < -0.4 is 0 Å². The van der Waals surface area contributed by atoms with Crippen molar-refractivity contribution in [3.05, 3.63) is 30.5 Å². The maximum absolute atomic E-state index is 4.10. The first-order valence-corrected chi connectivity index (χ1v) is 7.22. The van der Waals surface area contributed by atoms with Crippen LogP contribution in [0, 0.1) is 17.3 Å². The van der Waals surface area contributed by atoms with E-state index in [-0.39, 0.29) is 5.41 Å². The molecule has 1 rings (SSSR count). The van der Waals surface area contributed by atoms with Crippen LogP contribution in [0.15, 0.2) is 30.5 Å². The molecule has 3 atom stereocenters. The van der Waals surface area contributed by atoms with Crippen molar-refractivity contribution in [2.45, 2.75) is 39.5 Å². The number of hydrogen-bond donors (Lipinski definition) is 0. The van der Waals surface area contributed by atoms with E-state index in [1.54, 1.807) is 0 Å². The summed E-state index contributed by atoms with van der Waals surface area (Å²) in [7, 11) is 4.28. The van der Waals surface area contributed by atoms with Gasteiger partial charge >= 0.3 is 0 Å². The molecule has 0 N–H and O–H groups in total. The SMILES string of the molecule is C=CC1(C(C)CCN(C)C)C=C=CC(C)CCC1. The van der Waals surface area contributed by atoms with E-state index < -0.39 is 0 Å². The fraction of sp³-hybridized carbons (Fsp3) is 0.706. The predicted octanol–water partition coefficient (Wildman–Crippen LogP) is 4.28. The van der Waals surface area contributed by atoms with E-state index in [2.05, 4.69) is 63.4 Å². The van der Waals surface area contributed by atoms with Crippen molar-refractivity contribution in [3.63, 3.8) is 0 Å². The molecule has 3 unspecified atom stereocenters. The van der Waals surface area contributed by atoms with Gasteiger partial charge < -0.3 is 4.90 Å². The second kappa shape index (κ2) is 6.97. The molecule has 1 heteroatoms. The molecule has 0 saturated heterocycles. The molecule has 0 radical (unpaired) electrons. The lowest BCUT2D eigenvalue weighted by Gasteiger charge is -2.35. The molecule has 0 spiro atoms. The van der Waals surface area contributed by atoms with Gasteiger partial charge in [0.2, 0.25) is 0 Å². The smallest absolute Gasteiger partial charge is 0.0160 e. The van der Waals surface area contributed by atoms with Crippen molar-refractivity contribution >= 4 is 0 Å². The Labute approximate surface area is 113 Å². The van der Waals surface area contributed by atoms with Crippen molar-refractivity contribution in [1.29, 1.82) is 0 Å². The molecular weight excluding hydrogens is 218 g/mol. The fourth-order valence-corrected chi connectivity index (χ4v) is 2.72. The number of hydrogen-bond acceptors (Lipinski definition) is 1. The standard InChI is InChI=1S/C17H29N/c1-6-17(16(3)11-14-18(4)5)12-7-9-15(2)10-8-13-17/h6,10,13,15-16H,1,7,9,11-12,14H2,2-5H3. The molecule has 1 aliphatic carbocycles. The van der Waals surface area contributed by atoms with Gasteiger partial charge in [0.05, 0.1) is 0 Å². The van der Waals surface area contributed by atoms with Crippen molar-refractivity contribution in [3.8, 4) is 0 Å². The van der Waals surface area contributed by atoms with E-state index in [9.17, 15) is 0 Å². The van der Waals surface area contributed by atoms with E-state index >= 15 is 0 Å². The summed E-state index contributed by atoms with van der Waals surface area (Å²) in [5.74, 6) is 1.30. The molecule has 0 saturated carbocycles. The minimum atomic E-state index is 0.145. The van der Waals surface area contributed by atoms with Gasteiger partial charge in [0.15, 0.2) is 0 Å².